The van der Waals surface area contributed by atoms with E-state index >= 15 is 0 Å². The van der Waals surface area contributed by atoms with Gasteiger partial charge in [-0.25, -0.2) is 0 Å². The maximum Gasteiger partial charge on any atom is 0.122 e. The molecule has 2 aromatic rings. The molecule has 0 bridgehead atoms. The first kappa shape index (κ1) is 12.2. The molecule has 0 aliphatic carbocycles. The Hall–Kier alpha value is -1.80. The van der Waals surface area contributed by atoms with E-state index in [1.807, 2.05) is 7.05 Å². The number of rotatable bonds is 3. The smallest absolute Gasteiger partial charge is 0.122 e. The lowest BCUT2D eigenvalue weighted by molar-refractivity contribution is 0.357. The zero-order valence-corrected chi connectivity index (χ0v) is 11.4. The monoisotopic (exact) mass is 253 g/mol. The van der Waals surface area contributed by atoms with Crippen LogP contribution in [0.4, 0.5) is 0 Å². The molecule has 0 aromatic heterocycles. The lowest BCUT2D eigenvalue weighted by Crippen LogP contribution is -2.12. The number of hydrogen-bond acceptors (Lipinski definition) is 2. The first-order chi connectivity index (χ1) is 9.28. The summed E-state index contributed by atoms with van der Waals surface area (Å²) in [6.45, 7) is 2.99. The first-order valence-electron chi connectivity index (χ1n) is 6.81. The minimum Gasteiger partial charge on any atom is -0.493 e. The van der Waals surface area contributed by atoms with Crippen LogP contribution in [0.15, 0.2) is 42.5 Å². The molecule has 0 spiro atoms. The lowest BCUT2D eigenvalue weighted by atomic mass is 9.98. The zero-order chi connectivity index (χ0) is 13.2. The Morgan fingerprint density at radius 3 is 2.79 bits per heavy atom. The normalized spacial score (nSPS) is 14.8. The van der Waals surface area contributed by atoms with Crippen molar-refractivity contribution in [1.29, 1.82) is 0 Å². The molecule has 1 unspecified atom stereocenters. The molecule has 1 heterocycles. The summed E-state index contributed by atoms with van der Waals surface area (Å²) >= 11 is 0. The summed E-state index contributed by atoms with van der Waals surface area (Å²) in [4.78, 5) is 0. The summed E-state index contributed by atoms with van der Waals surface area (Å²) in [5, 5.41) is 3.28. The molecule has 1 aliphatic rings. The van der Waals surface area contributed by atoms with Crippen molar-refractivity contribution in [3.05, 3.63) is 53.6 Å². The van der Waals surface area contributed by atoms with E-state index in [0.717, 1.165) is 18.8 Å². The van der Waals surface area contributed by atoms with Crippen LogP contribution in [0.5, 0.6) is 5.75 Å². The van der Waals surface area contributed by atoms with E-state index in [-0.39, 0.29) is 0 Å². The van der Waals surface area contributed by atoms with Crippen molar-refractivity contribution >= 4 is 0 Å². The summed E-state index contributed by atoms with van der Waals surface area (Å²) in [5.74, 6) is 1.04. The van der Waals surface area contributed by atoms with Crippen LogP contribution in [0.1, 0.15) is 24.1 Å². The van der Waals surface area contributed by atoms with Gasteiger partial charge in [-0.3, -0.25) is 0 Å². The summed E-state index contributed by atoms with van der Waals surface area (Å²) in [5.41, 5.74) is 5.19. The van der Waals surface area contributed by atoms with Gasteiger partial charge >= 0.3 is 0 Å². The van der Waals surface area contributed by atoms with Gasteiger partial charge in [0.15, 0.2) is 0 Å². The second-order valence-electron chi connectivity index (χ2n) is 5.06. The molecule has 1 aliphatic heterocycles. The molecule has 3 rings (SSSR count). The van der Waals surface area contributed by atoms with Crippen LogP contribution in [-0.4, -0.2) is 13.7 Å². The highest BCUT2D eigenvalue weighted by molar-refractivity contribution is 5.67. The van der Waals surface area contributed by atoms with Crippen molar-refractivity contribution in [3.8, 4) is 16.9 Å². The molecule has 0 saturated carbocycles. The summed E-state index contributed by atoms with van der Waals surface area (Å²) in [7, 11) is 1.99. The van der Waals surface area contributed by atoms with E-state index < -0.39 is 0 Å². The van der Waals surface area contributed by atoms with Gasteiger partial charge in [0.1, 0.15) is 5.75 Å². The van der Waals surface area contributed by atoms with Crippen molar-refractivity contribution in [2.24, 2.45) is 0 Å². The molecule has 2 nitrogen and oxygen atoms in total. The Labute approximate surface area is 114 Å². The first-order valence-corrected chi connectivity index (χ1v) is 6.81. The Kier molecular flexibility index (Phi) is 3.26. The van der Waals surface area contributed by atoms with Gasteiger partial charge in [-0.1, -0.05) is 24.3 Å². The topological polar surface area (TPSA) is 21.3 Å². The third-order valence-electron chi connectivity index (χ3n) is 3.84. The van der Waals surface area contributed by atoms with Crippen LogP contribution >= 0.6 is 0 Å². The van der Waals surface area contributed by atoms with Crippen molar-refractivity contribution < 1.29 is 4.74 Å². The highest BCUT2D eigenvalue weighted by atomic mass is 16.5. The molecule has 98 valence electrons. The van der Waals surface area contributed by atoms with E-state index in [0.29, 0.717) is 6.04 Å². The average Bonchev–Trinajstić information content (AvgIpc) is 2.94. The SMILES string of the molecule is CNC(C)c1cccc(-c2ccc3c(c2)CCO3)c1. The van der Waals surface area contributed by atoms with Gasteiger partial charge in [0.05, 0.1) is 6.61 Å². The van der Waals surface area contributed by atoms with Crippen LogP contribution < -0.4 is 10.1 Å². The van der Waals surface area contributed by atoms with Crippen LogP contribution in [0.25, 0.3) is 11.1 Å². The number of nitrogens with one attached hydrogen (secondary N) is 1. The second kappa shape index (κ2) is 5.06. The van der Waals surface area contributed by atoms with Crippen LogP contribution in [0.3, 0.4) is 0 Å². The fourth-order valence-electron chi connectivity index (χ4n) is 2.52. The summed E-state index contributed by atoms with van der Waals surface area (Å²) in [6, 6.07) is 15.6. The molecule has 0 fully saturated rings. The van der Waals surface area contributed by atoms with Gasteiger partial charge in [-0.15, -0.1) is 0 Å². The van der Waals surface area contributed by atoms with Crippen molar-refractivity contribution in [2.45, 2.75) is 19.4 Å². The van der Waals surface area contributed by atoms with E-state index in [2.05, 4.69) is 54.7 Å². The molecule has 0 saturated heterocycles. The Morgan fingerprint density at radius 1 is 1.11 bits per heavy atom. The van der Waals surface area contributed by atoms with E-state index in [4.69, 9.17) is 4.74 Å². The van der Waals surface area contributed by atoms with Gasteiger partial charge in [0.2, 0.25) is 0 Å². The van der Waals surface area contributed by atoms with Crippen LogP contribution in [0, 0.1) is 0 Å². The van der Waals surface area contributed by atoms with Gasteiger partial charge in [-0.2, -0.15) is 0 Å². The number of fused-ring (bicyclic) bond motifs is 1. The van der Waals surface area contributed by atoms with Gasteiger partial charge in [0, 0.05) is 12.5 Å². The summed E-state index contributed by atoms with van der Waals surface area (Å²) in [6.07, 6.45) is 1.02. The highest BCUT2D eigenvalue weighted by Crippen LogP contribution is 2.31. The molecule has 0 radical (unpaired) electrons. The van der Waals surface area contributed by atoms with E-state index in [1.54, 1.807) is 0 Å². The van der Waals surface area contributed by atoms with Crippen molar-refractivity contribution in [3.63, 3.8) is 0 Å². The Balaban J connectivity index is 1.98. The minimum atomic E-state index is 0.373. The molecular weight excluding hydrogens is 234 g/mol. The molecule has 0 amide bonds. The summed E-state index contributed by atoms with van der Waals surface area (Å²) < 4.78 is 5.56. The quantitative estimate of drug-likeness (QED) is 0.903. The molecule has 2 aromatic carbocycles. The maximum atomic E-state index is 5.56. The predicted octanol–water partition coefficient (Wildman–Crippen LogP) is 3.57. The largest absolute Gasteiger partial charge is 0.493 e. The fraction of sp³-hybridized carbons (Fsp3) is 0.294. The molecule has 2 heteroatoms. The highest BCUT2D eigenvalue weighted by Gasteiger charge is 2.13. The van der Waals surface area contributed by atoms with Gasteiger partial charge < -0.3 is 10.1 Å². The van der Waals surface area contributed by atoms with Crippen LogP contribution in [0.2, 0.25) is 0 Å². The number of hydrogen-bond donors (Lipinski definition) is 1. The Bertz CT molecular complexity index is 592. The van der Waals surface area contributed by atoms with Gasteiger partial charge in [0.25, 0.3) is 0 Å². The standard InChI is InChI=1S/C17H19NO/c1-12(18-2)13-4-3-5-14(10-13)15-6-7-17-16(11-15)8-9-19-17/h3-7,10-12,18H,8-9H2,1-2H3. The molecular formula is C17H19NO. The van der Waals surface area contributed by atoms with E-state index in [1.165, 1.54) is 22.3 Å². The van der Waals surface area contributed by atoms with Gasteiger partial charge in [-0.05, 0) is 54.4 Å². The second-order valence-corrected chi connectivity index (χ2v) is 5.06. The Morgan fingerprint density at radius 2 is 1.95 bits per heavy atom. The zero-order valence-electron chi connectivity index (χ0n) is 11.4. The minimum absolute atomic E-state index is 0.373. The lowest BCUT2D eigenvalue weighted by Gasteiger charge is -2.12. The molecule has 1 atom stereocenters. The molecule has 19 heavy (non-hydrogen) atoms. The predicted molar refractivity (Wildman–Crippen MR) is 78.6 cm³/mol. The number of benzene rings is 2. The fourth-order valence-corrected chi connectivity index (χ4v) is 2.52. The van der Waals surface area contributed by atoms with Crippen LogP contribution in [-0.2, 0) is 6.42 Å². The third kappa shape index (κ3) is 2.36. The van der Waals surface area contributed by atoms with Crippen molar-refractivity contribution in [2.75, 3.05) is 13.7 Å². The van der Waals surface area contributed by atoms with Crippen molar-refractivity contribution in [1.82, 2.24) is 5.32 Å². The number of ether oxygens (including phenoxy) is 1. The maximum absolute atomic E-state index is 5.56. The average molecular weight is 253 g/mol. The van der Waals surface area contributed by atoms with E-state index in [9.17, 15) is 0 Å². The molecule has 1 N–H and O–H groups in total. The third-order valence-corrected chi connectivity index (χ3v) is 3.84.